The van der Waals surface area contributed by atoms with Gasteiger partial charge in [0.2, 0.25) is 0 Å². The van der Waals surface area contributed by atoms with E-state index in [9.17, 15) is 72.5 Å². The second kappa shape index (κ2) is 21.4. The van der Waals surface area contributed by atoms with E-state index in [0.717, 1.165) is 63.5 Å². The molecule has 0 amide bonds. The molecule has 4 saturated carbocycles. The van der Waals surface area contributed by atoms with Crippen LogP contribution in [0.2, 0.25) is 19.6 Å². The van der Waals surface area contributed by atoms with Gasteiger partial charge in [-0.15, -0.1) is 0 Å². The number of carbonyl (C=O) groups excluding carboxylic acids is 2. The highest BCUT2D eigenvalue weighted by atomic mass is 28.4. The van der Waals surface area contributed by atoms with Crippen LogP contribution < -0.4 is 0 Å². The number of hydrogen-bond acceptors (Lipinski definition) is 5. The van der Waals surface area contributed by atoms with Gasteiger partial charge >= 0.3 is 24.7 Å². The van der Waals surface area contributed by atoms with Gasteiger partial charge in [0.25, 0.3) is 5.60 Å². The molecular weight excluding hydrogens is 961 g/mol. The van der Waals surface area contributed by atoms with Crippen molar-refractivity contribution in [3.05, 3.63) is 24.3 Å². The molecular formula is C52H82F12O5Si. The van der Waals surface area contributed by atoms with Gasteiger partial charge in [0.05, 0.1) is 11.2 Å². The molecule has 70 heavy (non-hydrogen) atoms. The summed E-state index contributed by atoms with van der Waals surface area (Å²) in [6.07, 6.45) is -10.1. The zero-order valence-electron chi connectivity index (χ0n) is 43.5. The van der Waals surface area contributed by atoms with E-state index in [0.29, 0.717) is 57.4 Å². The molecule has 4 aliphatic rings. The Morgan fingerprint density at radius 1 is 0.571 bits per heavy atom. The summed E-state index contributed by atoms with van der Waals surface area (Å²) < 4.78 is 166. The lowest BCUT2D eigenvalue weighted by Crippen LogP contribution is -2.55. The molecule has 4 rings (SSSR count). The molecule has 0 aromatic carbocycles. The number of aliphatic hydroxyl groups is 2. The van der Waals surface area contributed by atoms with E-state index in [2.05, 4.69) is 26.6 Å². The maximum absolute atomic E-state index is 13.5. The van der Waals surface area contributed by atoms with Crippen LogP contribution in [0.4, 0.5) is 52.7 Å². The summed E-state index contributed by atoms with van der Waals surface area (Å²) in [6.45, 7) is 21.9. The standard InChI is InChI=1S/C28H46F6O2Si.C24H36F6O3/c1-23(2,36-37(6,7)8)15-10-16-24(3,17-11-19-26(5,27(29,30)31)28(32,33)34)22-14-13-20-21(35)12-9-18-25(20,22)4;1-19(2,32)11-6-12-20(3,13-7-15-22(33,23(25,26)27)24(28,29)30)18-10-9-16-17(31)8-5-14-21(16,18)4/h11,19-20,22H,9-10,12-18H2,1-8H3;7,15-16,18,32-33H,5-6,8-14H2,1-4H3/b19-11+;15-7+/t20?,22-,24-,25+;16?,18-,20-,21+/m11/s1. The van der Waals surface area contributed by atoms with E-state index in [1.807, 2.05) is 34.6 Å². The predicted octanol–water partition coefficient (Wildman–Crippen LogP) is 16.2. The van der Waals surface area contributed by atoms with E-state index in [1.165, 1.54) is 0 Å². The maximum Gasteiger partial charge on any atom is 0.429 e. The Morgan fingerprint density at radius 3 is 1.29 bits per heavy atom. The molecule has 18 heteroatoms. The smallest absolute Gasteiger partial charge is 0.413 e. The summed E-state index contributed by atoms with van der Waals surface area (Å²) in [5.41, 5.74) is -12.0. The highest BCUT2D eigenvalue weighted by Crippen LogP contribution is 2.64. The Morgan fingerprint density at radius 2 is 0.943 bits per heavy atom. The molecule has 0 heterocycles. The van der Waals surface area contributed by atoms with Crippen LogP contribution in [0.25, 0.3) is 0 Å². The highest BCUT2D eigenvalue weighted by molar-refractivity contribution is 6.69. The predicted molar refractivity (Wildman–Crippen MR) is 250 cm³/mol. The first-order chi connectivity index (χ1) is 31.2. The summed E-state index contributed by atoms with van der Waals surface area (Å²) in [4.78, 5) is 25.3. The first-order valence-electron chi connectivity index (χ1n) is 25.1. The first kappa shape index (κ1) is 62.4. The number of ketones is 2. The maximum atomic E-state index is 13.5. The molecule has 4 fully saturated rings. The van der Waals surface area contributed by atoms with E-state index in [4.69, 9.17) is 4.43 Å². The van der Waals surface area contributed by atoms with Crippen LogP contribution in [-0.2, 0) is 14.0 Å². The van der Waals surface area contributed by atoms with Crippen molar-refractivity contribution >= 4 is 19.9 Å². The second-order valence-electron chi connectivity index (χ2n) is 25.0. The molecule has 2 N–H and O–H groups in total. The van der Waals surface area contributed by atoms with Crippen LogP contribution in [0.3, 0.4) is 0 Å². The molecule has 0 bridgehead atoms. The molecule has 4 aliphatic carbocycles. The SMILES string of the molecule is CC(C)(CCC[C@](C)(C/C=C/C(C)(C(F)(F)F)C(F)(F)F)[C@H]1CCC2C(=O)CCC[C@@]21C)O[Si](C)(C)C.CC(C)(O)CCC[C@](C)(C/C=C/C(O)(C(F)(F)F)C(F)(F)F)[C@H]1CCC2C(=O)CCC[C@@]21C. The van der Waals surface area contributed by atoms with Crippen molar-refractivity contribution in [2.24, 2.45) is 50.7 Å². The van der Waals surface area contributed by atoms with Gasteiger partial charge in [-0.25, -0.2) is 0 Å². The van der Waals surface area contributed by atoms with Crippen molar-refractivity contribution in [2.75, 3.05) is 0 Å². The molecule has 0 aromatic heterocycles. The number of Topliss-reactive ketones (excluding diaryl/α,β-unsaturated/α-hetero) is 2. The molecule has 0 spiro atoms. The third-order valence-corrected chi connectivity index (χ3v) is 18.2. The fourth-order valence-electron chi connectivity index (χ4n) is 13.5. The van der Waals surface area contributed by atoms with Crippen LogP contribution >= 0.6 is 0 Å². The lowest BCUT2D eigenvalue weighted by atomic mass is 9.56. The second-order valence-corrected chi connectivity index (χ2v) is 29.4. The number of halogens is 12. The van der Waals surface area contributed by atoms with Crippen molar-refractivity contribution in [2.45, 2.75) is 239 Å². The van der Waals surface area contributed by atoms with E-state index >= 15 is 0 Å². The minimum Gasteiger partial charge on any atom is -0.413 e. The van der Waals surface area contributed by atoms with Crippen molar-refractivity contribution < 1.29 is 76.9 Å². The van der Waals surface area contributed by atoms with Crippen LogP contribution in [-0.4, -0.2) is 71.6 Å². The number of allylic oxidation sites excluding steroid dienone is 3. The number of fused-ring (bicyclic) bond motifs is 2. The first-order valence-corrected chi connectivity index (χ1v) is 28.5. The zero-order valence-corrected chi connectivity index (χ0v) is 44.5. The van der Waals surface area contributed by atoms with Gasteiger partial charge in [-0.05, 0) is 184 Å². The van der Waals surface area contributed by atoms with Crippen molar-refractivity contribution in [3.63, 3.8) is 0 Å². The van der Waals surface area contributed by atoms with E-state index in [1.54, 1.807) is 13.8 Å². The third-order valence-electron chi connectivity index (χ3n) is 17.1. The molecule has 0 aliphatic heterocycles. The van der Waals surface area contributed by atoms with Gasteiger partial charge in [0.1, 0.15) is 11.6 Å². The summed E-state index contributed by atoms with van der Waals surface area (Å²) in [7, 11) is -1.80. The summed E-state index contributed by atoms with van der Waals surface area (Å²) in [6, 6.07) is 0. The molecule has 408 valence electrons. The van der Waals surface area contributed by atoms with Crippen LogP contribution in [0.1, 0.15) is 178 Å². The average molecular weight is 1040 g/mol. The van der Waals surface area contributed by atoms with Gasteiger partial charge in [0, 0.05) is 24.7 Å². The normalized spacial score (nSPS) is 28.7. The molecule has 8 atom stereocenters. The topological polar surface area (TPSA) is 83.8 Å². The number of hydrogen-bond donors (Lipinski definition) is 2. The van der Waals surface area contributed by atoms with Gasteiger partial charge in [-0.2, -0.15) is 52.7 Å². The van der Waals surface area contributed by atoms with Gasteiger partial charge in [-0.1, -0.05) is 58.8 Å². The Balaban J connectivity index is 0.000000373. The van der Waals surface area contributed by atoms with Gasteiger partial charge < -0.3 is 14.6 Å². The minimum absolute atomic E-state index is 0.0444. The monoisotopic (exact) mass is 1040 g/mol. The minimum atomic E-state index is -5.90. The van der Waals surface area contributed by atoms with E-state index < -0.39 is 60.5 Å². The fourth-order valence-corrected chi connectivity index (χ4v) is 15.2. The molecule has 5 nitrogen and oxygen atoms in total. The molecule has 0 radical (unpaired) electrons. The average Bonchev–Trinajstić information content (AvgIpc) is 3.70. The summed E-state index contributed by atoms with van der Waals surface area (Å²) in [5, 5.41) is 19.6. The Labute approximate surface area is 409 Å². The van der Waals surface area contributed by atoms with Gasteiger partial charge in [0.15, 0.2) is 13.7 Å². The van der Waals surface area contributed by atoms with E-state index in [-0.39, 0.29) is 77.5 Å². The lowest BCUT2D eigenvalue weighted by Gasteiger charge is -2.48. The largest absolute Gasteiger partial charge is 0.429 e. The van der Waals surface area contributed by atoms with Crippen molar-refractivity contribution in [1.82, 2.24) is 0 Å². The molecule has 0 aromatic rings. The van der Waals surface area contributed by atoms with Crippen LogP contribution in [0.15, 0.2) is 24.3 Å². The number of rotatable bonds is 18. The number of alkyl halides is 12. The Kier molecular flexibility index (Phi) is 19.0. The van der Waals surface area contributed by atoms with Crippen LogP contribution in [0, 0.1) is 50.7 Å². The van der Waals surface area contributed by atoms with Crippen molar-refractivity contribution in [1.29, 1.82) is 0 Å². The fraction of sp³-hybridized carbons (Fsp3) is 0.885. The third kappa shape index (κ3) is 14.3. The van der Waals surface area contributed by atoms with Crippen molar-refractivity contribution in [3.8, 4) is 0 Å². The quantitative estimate of drug-likeness (QED) is 0.0812. The Bertz CT molecular complexity index is 1810. The molecule has 0 saturated heterocycles. The summed E-state index contributed by atoms with van der Waals surface area (Å²) in [5.74, 6) is 0.191. The van der Waals surface area contributed by atoms with Gasteiger partial charge in [-0.3, -0.25) is 9.59 Å². The zero-order chi connectivity index (χ0) is 54.2. The Hall–Kier alpha value is -1.92. The molecule has 2 unspecified atom stereocenters. The van der Waals surface area contributed by atoms with Crippen LogP contribution in [0.5, 0.6) is 0 Å². The highest BCUT2D eigenvalue weighted by Gasteiger charge is 2.69. The lowest BCUT2D eigenvalue weighted by molar-refractivity contribution is -0.347. The number of carbonyl (C=O) groups is 2. The summed E-state index contributed by atoms with van der Waals surface area (Å²) >= 11 is 0.